The molecule has 16 heavy (non-hydrogen) atoms. The molecule has 0 spiro atoms. The van der Waals surface area contributed by atoms with Gasteiger partial charge in [0.05, 0.1) is 0 Å². The van der Waals surface area contributed by atoms with Crippen molar-refractivity contribution in [1.82, 2.24) is 4.90 Å². The Morgan fingerprint density at radius 1 is 1.38 bits per heavy atom. The lowest BCUT2D eigenvalue weighted by Crippen LogP contribution is -2.32. The number of nitrogen functional groups attached to an aromatic ring is 1. The maximum absolute atomic E-state index is 13.6. The molecular weight excluding hydrogens is 203 g/mol. The Morgan fingerprint density at radius 3 is 2.56 bits per heavy atom. The monoisotopic (exact) mass is 224 g/mol. The topological polar surface area (TPSA) is 29.3 Å². The third kappa shape index (κ3) is 3.20. The van der Waals surface area contributed by atoms with Crippen LogP contribution in [0.1, 0.15) is 32.8 Å². The molecule has 0 fully saturated rings. The van der Waals surface area contributed by atoms with Gasteiger partial charge in [-0.25, -0.2) is 4.39 Å². The summed E-state index contributed by atoms with van der Waals surface area (Å²) in [5.41, 5.74) is 6.72. The summed E-state index contributed by atoms with van der Waals surface area (Å²) in [5.74, 6) is -0.207. The Hall–Kier alpha value is -1.09. The minimum absolute atomic E-state index is 0.207. The minimum Gasteiger partial charge on any atom is -0.399 e. The van der Waals surface area contributed by atoms with Gasteiger partial charge < -0.3 is 5.73 Å². The van der Waals surface area contributed by atoms with Crippen LogP contribution in [0.2, 0.25) is 0 Å². The van der Waals surface area contributed by atoms with Gasteiger partial charge in [0.15, 0.2) is 0 Å². The summed E-state index contributed by atoms with van der Waals surface area (Å²) in [6, 6.07) is 5.39. The molecule has 1 rings (SSSR count). The molecule has 0 saturated carbocycles. The van der Waals surface area contributed by atoms with Crippen LogP contribution in [0.15, 0.2) is 18.2 Å². The first-order valence-corrected chi connectivity index (χ1v) is 5.86. The van der Waals surface area contributed by atoms with E-state index in [-0.39, 0.29) is 5.82 Å². The van der Waals surface area contributed by atoms with Gasteiger partial charge in [0.2, 0.25) is 0 Å². The van der Waals surface area contributed by atoms with Gasteiger partial charge in [0.25, 0.3) is 0 Å². The van der Waals surface area contributed by atoms with Gasteiger partial charge in [-0.2, -0.15) is 0 Å². The first-order valence-electron chi connectivity index (χ1n) is 5.86. The molecule has 3 heteroatoms. The van der Waals surface area contributed by atoms with Gasteiger partial charge in [-0.15, -0.1) is 0 Å². The van der Waals surface area contributed by atoms with Crippen molar-refractivity contribution in [2.24, 2.45) is 0 Å². The zero-order valence-electron chi connectivity index (χ0n) is 10.3. The fraction of sp³-hybridized carbons (Fsp3) is 0.538. The smallest absolute Gasteiger partial charge is 0.129 e. The van der Waals surface area contributed by atoms with Crippen molar-refractivity contribution in [3.8, 4) is 0 Å². The van der Waals surface area contributed by atoms with E-state index in [1.807, 2.05) is 0 Å². The average Bonchev–Trinajstić information content (AvgIpc) is 2.27. The first-order chi connectivity index (χ1) is 7.58. The fourth-order valence-electron chi connectivity index (χ4n) is 1.75. The predicted octanol–water partition coefficient (Wildman–Crippen LogP) is 3.03. The number of benzene rings is 1. The molecule has 2 N–H and O–H groups in total. The first kappa shape index (κ1) is 13.0. The SMILES string of the molecule is CCC(C)N(CC)Cc1ccc(N)cc1F. The van der Waals surface area contributed by atoms with Gasteiger partial charge in [-0.05, 0) is 32.0 Å². The van der Waals surface area contributed by atoms with Crippen molar-refractivity contribution in [1.29, 1.82) is 0 Å². The maximum atomic E-state index is 13.6. The second-order valence-corrected chi connectivity index (χ2v) is 4.17. The van der Waals surface area contributed by atoms with Gasteiger partial charge in [-0.1, -0.05) is 19.9 Å². The molecule has 0 aliphatic carbocycles. The van der Waals surface area contributed by atoms with Crippen molar-refractivity contribution in [3.63, 3.8) is 0 Å². The molecule has 0 heterocycles. The Bertz CT molecular complexity index is 339. The highest BCUT2D eigenvalue weighted by atomic mass is 19.1. The summed E-state index contributed by atoms with van der Waals surface area (Å²) in [7, 11) is 0. The third-order valence-electron chi connectivity index (χ3n) is 3.07. The number of anilines is 1. The van der Waals surface area contributed by atoms with Crippen LogP contribution >= 0.6 is 0 Å². The van der Waals surface area contributed by atoms with E-state index >= 15 is 0 Å². The Kier molecular flexibility index (Phi) is 4.74. The van der Waals surface area contributed by atoms with E-state index < -0.39 is 0 Å². The second kappa shape index (κ2) is 5.85. The van der Waals surface area contributed by atoms with Gasteiger partial charge in [-0.3, -0.25) is 4.90 Å². The number of nitrogens with zero attached hydrogens (tertiary/aromatic N) is 1. The average molecular weight is 224 g/mol. The molecule has 0 saturated heterocycles. The number of nitrogens with two attached hydrogens (primary N) is 1. The highest BCUT2D eigenvalue weighted by Gasteiger charge is 2.12. The van der Waals surface area contributed by atoms with Crippen LogP contribution in [0.3, 0.4) is 0 Å². The summed E-state index contributed by atoms with van der Waals surface area (Å²) in [6.45, 7) is 7.99. The van der Waals surface area contributed by atoms with E-state index in [1.54, 1.807) is 12.1 Å². The molecule has 0 radical (unpaired) electrons. The van der Waals surface area contributed by atoms with E-state index in [1.165, 1.54) is 6.07 Å². The normalized spacial score (nSPS) is 13.1. The summed E-state index contributed by atoms with van der Waals surface area (Å²) in [6.07, 6.45) is 1.07. The summed E-state index contributed by atoms with van der Waals surface area (Å²) in [5, 5.41) is 0. The lowest BCUT2D eigenvalue weighted by atomic mass is 10.1. The van der Waals surface area contributed by atoms with Crippen molar-refractivity contribution in [3.05, 3.63) is 29.6 Å². The minimum atomic E-state index is -0.207. The Labute approximate surface area is 97.3 Å². The van der Waals surface area contributed by atoms with Crippen LogP contribution in [0.4, 0.5) is 10.1 Å². The van der Waals surface area contributed by atoms with Crippen molar-refractivity contribution >= 4 is 5.69 Å². The largest absolute Gasteiger partial charge is 0.399 e. The molecule has 1 aromatic carbocycles. The molecule has 0 aromatic heterocycles. The maximum Gasteiger partial charge on any atom is 0.129 e. The molecule has 90 valence electrons. The molecular formula is C13H21FN2. The Balaban J connectivity index is 2.78. The standard InChI is InChI=1S/C13H21FN2/c1-4-10(3)16(5-2)9-11-6-7-12(15)8-13(11)14/h6-8,10H,4-5,9,15H2,1-3H3. The van der Waals surface area contributed by atoms with Crippen LogP contribution in [-0.4, -0.2) is 17.5 Å². The summed E-state index contributed by atoms with van der Waals surface area (Å²) in [4.78, 5) is 2.26. The number of hydrogen-bond acceptors (Lipinski definition) is 2. The van der Waals surface area contributed by atoms with Crippen LogP contribution in [-0.2, 0) is 6.54 Å². The zero-order chi connectivity index (χ0) is 12.1. The number of rotatable bonds is 5. The highest BCUT2D eigenvalue weighted by Crippen LogP contribution is 2.16. The summed E-state index contributed by atoms with van der Waals surface area (Å²) >= 11 is 0. The van der Waals surface area contributed by atoms with E-state index in [0.29, 0.717) is 18.3 Å². The third-order valence-corrected chi connectivity index (χ3v) is 3.07. The van der Waals surface area contributed by atoms with Crippen molar-refractivity contribution in [2.45, 2.75) is 39.8 Å². The van der Waals surface area contributed by atoms with E-state index in [4.69, 9.17) is 5.73 Å². The van der Waals surface area contributed by atoms with Gasteiger partial charge in [0, 0.05) is 23.8 Å². The van der Waals surface area contributed by atoms with Crippen LogP contribution < -0.4 is 5.73 Å². The highest BCUT2D eigenvalue weighted by molar-refractivity contribution is 5.40. The zero-order valence-corrected chi connectivity index (χ0v) is 10.3. The van der Waals surface area contributed by atoms with E-state index in [2.05, 4.69) is 25.7 Å². The van der Waals surface area contributed by atoms with Gasteiger partial charge in [0.1, 0.15) is 5.82 Å². The summed E-state index contributed by atoms with van der Waals surface area (Å²) < 4.78 is 13.6. The number of hydrogen-bond donors (Lipinski definition) is 1. The molecule has 0 aliphatic rings. The molecule has 0 aliphatic heterocycles. The number of halogens is 1. The van der Waals surface area contributed by atoms with Crippen LogP contribution in [0.5, 0.6) is 0 Å². The van der Waals surface area contributed by atoms with E-state index in [9.17, 15) is 4.39 Å². The molecule has 1 unspecified atom stereocenters. The molecule has 0 amide bonds. The van der Waals surface area contributed by atoms with Gasteiger partial charge >= 0.3 is 0 Å². The van der Waals surface area contributed by atoms with Crippen LogP contribution in [0.25, 0.3) is 0 Å². The van der Waals surface area contributed by atoms with Crippen LogP contribution in [0, 0.1) is 5.82 Å². The van der Waals surface area contributed by atoms with Crippen molar-refractivity contribution < 1.29 is 4.39 Å². The molecule has 0 bridgehead atoms. The second-order valence-electron chi connectivity index (χ2n) is 4.17. The quantitative estimate of drug-likeness (QED) is 0.779. The predicted molar refractivity (Wildman–Crippen MR) is 66.6 cm³/mol. The lowest BCUT2D eigenvalue weighted by Gasteiger charge is -2.27. The molecule has 1 aromatic rings. The lowest BCUT2D eigenvalue weighted by molar-refractivity contribution is 0.203. The van der Waals surface area contributed by atoms with Crippen molar-refractivity contribution in [2.75, 3.05) is 12.3 Å². The van der Waals surface area contributed by atoms with E-state index in [0.717, 1.165) is 18.5 Å². The fourth-order valence-corrected chi connectivity index (χ4v) is 1.75. The molecule has 2 nitrogen and oxygen atoms in total. The molecule has 1 atom stereocenters. The Morgan fingerprint density at radius 2 is 2.06 bits per heavy atom.